The van der Waals surface area contributed by atoms with Crippen molar-refractivity contribution >= 4 is 11.6 Å². The summed E-state index contributed by atoms with van der Waals surface area (Å²) in [6, 6.07) is 17.2. The number of carbonyl (C=O) groups excluding carboxylic acids is 1. The summed E-state index contributed by atoms with van der Waals surface area (Å²) in [6.45, 7) is 3.65. The van der Waals surface area contributed by atoms with Crippen molar-refractivity contribution in [1.29, 1.82) is 0 Å². The van der Waals surface area contributed by atoms with Gasteiger partial charge in [-0.05, 0) is 44.2 Å². The Morgan fingerprint density at radius 3 is 2.33 bits per heavy atom. The van der Waals surface area contributed by atoms with Gasteiger partial charge in [0.25, 0.3) is 5.56 Å². The van der Waals surface area contributed by atoms with Crippen LogP contribution in [0.5, 0.6) is 5.75 Å². The molecule has 1 unspecified atom stereocenters. The van der Waals surface area contributed by atoms with Crippen LogP contribution < -0.4 is 15.6 Å². The number of hydrogen-bond acceptors (Lipinski definition) is 4. The molecule has 0 saturated heterocycles. The number of nitrogens with one attached hydrogen (secondary N) is 1. The maximum Gasteiger partial charge on any atom is 0.267 e. The molecule has 2 aromatic carbocycles. The Morgan fingerprint density at radius 1 is 1.04 bits per heavy atom. The summed E-state index contributed by atoms with van der Waals surface area (Å²) >= 11 is 0. The third-order valence-corrected chi connectivity index (χ3v) is 4.28. The molecule has 3 rings (SSSR count). The van der Waals surface area contributed by atoms with Gasteiger partial charge >= 0.3 is 0 Å². The lowest BCUT2D eigenvalue weighted by atomic mass is 10.1. The molecule has 1 amide bonds. The largest absolute Gasteiger partial charge is 0.497 e. The number of rotatable bonds is 5. The number of methoxy groups -OCH3 is 1. The molecule has 27 heavy (non-hydrogen) atoms. The van der Waals surface area contributed by atoms with Gasteiger partial charge in [0.2, 0.25) is 5.91 Å². The summed E-state index contributed by atoms with van der Waals surface area (Å²) in [4.78, 5) is 24.8. The maximum atomic E-state index is 12.6. The van der Waals surface area contributed by atoms with Crippen LogP contribution >= 0.6 is 0 Å². The first-order valence-electron chi connectivity index (χ1n) is 8.60. The lowest BCUT2D eigenvalue weighted by Gasteiger charge is -2.15. The topological polar surface area (TPSA) is 73.2 Å². The van der Waals surface area contributed by atoms with Crippen molar-refractivity contribution in [2.45, 2.75) is 19.9 Å². The highest BCUT2D eigenvalue weighted by Gasteiger charge is 2.18. The minimum Gasteiger partial charge on any atom is -0.497 e. The second kappa shape index (κ2) is 7.86. The second-order valence-electron chi connectivity index (χ2n) is 6.26. The summed E-state index contributed by atoms with van der Waals surface area (Å²) in [5.41, 5.74) is 2.95. The minimum atomic E-state index is -0.759. The molecular weight excluding hydrogens is 342 g/mol. The van der Waals surface area contributed by atoms with Crippen LogP contribution in [0.4, 0.5) is 5.69 Å². The van der Waals surface area contributed by atoms with Crippen molar-refractivity contribution in [3.63, 3.8) is 0 Å². The first-order valence-corrected chi connectivity index (χ1v) is 8.60. The van der Waals surface area contributed by atoms with E-state index in [4.69, 9.17) is 4.74 Å². The summed E-state index contributed by atoms with van der Waals surface area (Å²) < 4.78 is 6.30. The Hall–Kier alpha value is -3.41. The van der Waals surface area contributed by atoms with Crippen LogP contribution in [0.3, 0.4) is 0 Å². The Kier molecular flexibility index (Phi) is 5.35. The van der Waals surface area contributed by atoms with E-state index in [0.29, 0.717) is 17.1 Å². The average Bonchev–Trinajstić information content (AvgIpc) is 2.69. The van der Waals surface area contributed by atoms with Crippen LogP contribution in [-0.2, 0) is 4.79 Å². The van der Waals surface area contributed by atoms with Gasteiger partial charge in [0.1, 0.15) is 11.8 Å². The van der Waals surface area contributed by atoms with Gasteiger partial charge < -0.3 is 10.1 Å². The highest BCUT2D eigenvalue weighted by Crippen LogP contribution is 2.18. The van der Waals surface area contributed by atoms with Crippen molar-refractivity contribution in [3.05, 3.63) is 76.6 Å². The van der Waals surface area contributed by atoms with Gasteiger partial charge in [-0.15, -0.1) is 0 Å². The molecule has 138 valence electrons. The molecule has 0 saturated carbocycles. The van der Waals surface area contributed by atoms with E-state index in [1.807, 2.05) is 31.2 Å². The van der Waals surface area contributed by atoms with E-state index < -0.39 is 6.04 Å². The number of anilines is 1. The molecule has 0 aliphatic heterocycles. The Labute approximate surface area is 157 Å². The number of nitrogens with zero attached hydrogens (tertiary/aromatic N) is 2. The second-order valence-corrected chi connectivity index (χ2v) is 6.26. The molecule has 0 radical (unpaired) electrons. The highest BCUT2D eigenvalue weighted by molar-refractivity contribution is 5.93. The van der Waals surface area contributed by atoms with Crippen LogP contribution in [0.2, 0.25) is 0 Å². The number of carbonyl (C=O) groups is 1. The van der Waals surface area contributed by atoms with E-state index in [1.165, 1.54) is 10.7 Å². The number of amides is 1. The van der Waals surface area contributed by atoms with Gasteiger partial charge in [-0.25, -0.2) is 4.68 Å². The smallest absolute Gasteiger partial charge is 0.267 e. The molecule has 1 aromatic heterocycles. The lowest BCUT2D eigenvalue weighted by molar-refractivity contribution is -0.119. The molecule has 1 N–H and O–H groups in total. The van der Waals surface area contributed by atoms with E-state index in [0.717, 1.165) is 11.1 Å². The van der Waals surface area contributed by atoms with E-state index in [9.17, 15) is 9.59 Å². The van der Waals surface area contributed by atoms with Gasteiger partial charge in [0.15, 0.2) is 0 Å². The molecule has 0 aliphatic carbocycles. The fraction of sp³-hybridized carbons (Fsp3) is 0.190. The number of ether oxygens (including phenoxy) is 1. The minimum absolute atomic E-state index is 0.323. The molecule has 6 heteroatoms. The van der Waals surface area contributed by atoms with Crippen molar-refractivity contribution in [1.82, 2.24) is 9.78 Å². The molecule has 6 nitrogen and oxygen atoms in total. The van der Waals surface area contributed by atoms with E-state index in [-0.39, 0.29) is 11.5 Å². The van der Waals surface area contributed by atoms with E-state index in [2.05, 4.69) is 10.4 Å². The molecular formula is C21H21N3O3. The monoisotopic (exact) mass is 363 g/mol. The van der Waals surface area contributed by atoms with Crippen LogP contribution in [0, 0.1) is 6.92 Å². The van der Waals surface area contributed by atoms with Crippen molar-refractivity contribution in [2.75, 3.05) is 12.4 Å². The number of benzene rings is 2. The lowest BCUT2D eigenvalue weighted by Crippen LogP contribution is -2.33. The zero-order chi connectivity index (χ0) is 19.4. The summed E-state index contributed by atoms with van der Waals surface area (Å²) in [6.07, 6.45) is 0. The van der Waals surface area contributed by atoms with E-state index in [1.54, 1.807) is 44.4 Å². The fourth-order valence-electron chi connectivity index (χ4n) is 2.61. The van der Waals surface area contributed by atoms with Crippen molar-refractivity contribution in [3.8, 4) is 17.0 Å². The molecule has 1 heterocycles. The Morgan fingerprint density at radius 2 is 1.70 bits per heavy atom. The van der Waals surface area contributed by atoms with Crippen LogP contribution in [0.15, 0.2) is 65.5 Å². The SMILES string of the molecule is COc1ccc(NC(=O)C(C)n2nc(-c3ccc(C)cc3)ccc2=O)cc1. The highest BCUT2D eigenvalue weighted by atomic mass is 16.5. The fourth-order valence-corrected chi connectivity index (χ4v) is 2.61. The van der Waals surface area contributed by atoms with Gasteiger partial charge in [0.05, 0.1) is 12.8 Å². The normalized spacial score (nSPS) is 11.7. The predicted octanol–water partition coefficient (Wildman–Crippen LogP) is 3.43. The van der Waals surface area contributed by atoms with Gasteiger partial charge in [-0.1, -0.05) is 29.8 Å². The zero-order valence-corrected chi connectivity index (χ0v) is 15.5. The third-order valence-electron chi connectivity index (χ3n) is 4.28. The molecule has 0 bridgehead atoms. The third kappa shape index (κ3) is 4.23. The van der Waals surface area contributed by atoms with Gasteiger partial charge in [-0.2, -0.15) is 5.10 Å². The first-order chi connectivity index (χ1) is 13.0. The predicted molar refractivity (Wildman–Crippen MR) is 105 cm³/mol. The van der Waals surface area contributed by atoms with Crippen LogP contribution in [-0.4, -0.2) is 22.8 Å². The summed E-state index contributed by atoms with van der Waals surface area (Å²) in [5.74, 6) is 0.376. The number of aryl methyl sites for hydroxylation is 1. The number of hydrogen-bond donors (Lipinski definition) is 1. The number of aromatic nitrogens is 2. The molecule has 3 aromatic rings. The Balaban J connectivity index is 1.83. The van der Waals surface area contributed by atoms with Gasteiger partial charge in [-0.3, -0.25) is 9.59 Å². The van der Waals surface area contributed by atoms with Gasteiger partial charge in [0, 0.05) is 17.3 Å². The van der Waals surface area contributed by atoms with Crippen molar-refractivity contribution < 1.29 is 9.53 Å². The molecule has 0 aliphatic rings. The summed E-state index contributed by atoms with van der Waals surface area (Å²) in [7, 11) is 1.58. The quantitative estimate of drug-likeness (QED) is 0.754. The first kappa shape index (κ1) is 18.4. The van der Waals surface area contributed by atoms with Crippen LogP contribution in [0.1, 0.15) is 18.5 Å². The zero-order valence-electron chi connectivity index (χ0n) is 15.5. The maximum absolute atomic E-state index is 12.6. The van der Waals surface area contributed by atoms with Crippen molar-refractivity contribution in [2.24, 2.45) is 0 Å². The molecule has 0 fully saturated rings. The molecule has 0 spiro atoms. The Bertz CT molecular complexity index is 992. The van der Waals surface area contributed by atoms with E-state index >= 15 is 0 Å². The summed E-state index contributed by atoms with van der Waals surface area (Å²) in [5, 5.41) is 7.18. The molecule has 1 atom stereocenters. The standard InChI is InChI=1S/C21H21N3O3/c1-14-4-6-16(7-5-14)19-12-13-20(25)24(23-19)15(2)21(26)22-17-8-10-18(27-3)11-9-17/h4-13,15H,1-3H3,(H,22,26). The average molecular weight is 363 g/mol. The van der Waals surface area contributed by atoms with Crippen LogP contribution in [0.25, 0.3) is 11.3 Å².